The van der Waals surface area contributed by atoms with Gasteiger partial charge in [0.15, 0.2) is 5.69 Å². The van der Waals surface area contributed by atoms with Crippen LogP contribution in [0, 0.1) is 6.92 Å². The summed E-state index contributed by atoms with van der Waals surface area (Å²) in [7, 11) is 0. The van der Waals surface area contributed by atoms with Gasteiger partial charge in [-0.25, -0.2) is 0 Å². The van der Waals surface area contributed by atoms with Crippen LogP contribution in [-0.4, -0.2) is 32.0 Å². The topological polar surface area (TPSA) is 64.7 Å². The Labute approximate surface area is 133 Å². The normalized spacial score (nSPS) is 10.9. The SMILES string of the molecule is CCn1cc(Cl)c(C(=O)NCCCn2cc(Cl)c(C)n2)n1. The van der Waals surface area contributed by atoms with Crippen molar-refractivity contribution < 1.29 is 4.79 Å². The maximum Gasteiger partial charge on any atom is 0.273 e. The van der Waals surface area contributed by atoms with Gasteiger partial charge in [-0.15, -0.1) is 0 Å². The molecule has 2 rings (SSSR count). The molecule has 2 aromatic rings. The van der Waals surface area contributed by atoms with Crippen LogP contribution in [0.25, 0.3) is 0 Å². The molecule has 0 aliphatic rings. The molecule has 114 valence electrons. The van der Waals surface area contributed by atoms with E-state index in [9.17, 15) is 4.79 Å². The van der Waals surface area contributed by atoms with Crippen molar-refractivity contribution in [2.45, 2.75) is 33.4 Å². The lowest BCUT2D eigenvalue weighted by molar-refractivity contribution is 0.0947. The van der Waals surface area contributed by atoms with Gasteiger partial charge in [0, 0.05) is 32.0 Å². The zero-order valence-corrected chi connectivity index (χ0v) is 13.4. The first kappa shape index (κ1) is 15.9. The highest BCUT2D eigenvalue weighted by atomic mass is 35.5. The fourth-order valence-electron chi connectivity index (χ4n) is 1.85. The molecule has 2 aromatic heterocycles. The highest BCUT2D eigenvalue weighted by Gasteiger charge is 2.14. The molecular formula is C13H17Cl2N5O. The second-order valence-corrected chi connectivity index (χ2v) is 5.43. The predicted molar refractivity (Wildman–Crippen MR) is 81.8 cm³/mol. The second-order valence-electron chi connectivity index (χ2n) is 4.62. The molecular weight excluding hydrogens is 313 g/mol. The molecule has 0 unspecified atom stereocenters. The minimum atomic E-state index is -0.262. The first-order valence-corrected chi connectivity index (χ1v) is 7.47. The van der Waals surface area contributed by atoms with E-state index in [1.54, 1.807) is 21.8 Å². The van der Waals surface area contributed by atoms with Crippen LogP contribution in [0.15, 0.2) is 12.4 Å². The fraction of sp³-hybridized carbons (Fsp3) is 0.462. The van der Waals surface area contributed by atoms with E-state index in [0.29, 0.717) is 29.7 Å². The first-order valence-electron chi connectivity index (χ1n) is 6.72. The summed E-state index contributed by atoms with van der Waals surface area (Å²) in [6.45, 7) is 5.66. The van der Waals surface area contributed by atoms with E-state index in [-0.39, 0.29) is 11.6 Å². The molecule has 21 heavy (non-hydrogen) atoms. The molecule has 0 fully saturated rings. The van der Waals surface area contributed by atoms with Crippen LogP contribution in [0.1, 0.15) is 29.5 Å². The molecule has 0 saturated heterocycles. The molecule has 8 heteroatoms. The van der Waals surface area contributed by atoms with Gasteiger partial charge in [0.2, 0.25) is 0 Å². The molecule has 6 nitrogen and oxygen atoms in total. The van der Waals surface area contributed by atoms with Crippen molar-refractivity contribution in [3.8, 4) is 0 Å². The van der Waals surface area contributed by atoms with Gasteiger partial charge in [0.25, 0.3) is 5.91 Å². The van der Waals surface area contributed by atoms with E-state index in [0.717, 1.165) is 12.1 Å². The zero-order valence-electron chi connectivity index (χ0n) is 11.9. The van der Waals surface area contributed by atoms with Crippen LogP contribution in [0.2, 0.25) is 10.0 Å². The van der Waals surface area contributed by atoms with E-state index in [1.807, 2.05) is 13.8 Å². The molecule has 0 saturated carbocycles. The quantitative estimate of drug-likeness (QED) is 0.828. The number of carbonyl (C=O) groups excluding carboxylic acids is 1. The molecule has 0 aromatic carbocycles. The Hall–Kier alpha value is -1.53. The van der Waals surface area contributed by atoms with Crippen molar-refractivity contribution >= 4 is 29.1 Å². The third kappa shape index (κ3) is 3.98. The number of carbonyl (C=O) groups is 1. The van der Waals surface area contributed by atoms with Crippen LogP contribution in [-0.2, 0) is 13.1 Å². The average molecular weight is 330 g/mol. The zero-order chi connectivity index (χ0) is 15.4. The summed E-state index contributed by atoms with van der Waals surface area (Å²) in [5.41, 5.74) is 1.06. The number of rotatable bonds is 6. The molecule has 1 N–H and O–H groups in total. The number of nitrogens with one attached hydrogen (secondary N) is 1. The van der Waals surface area contributed by atoms with Crippen LogP contribution in [0.4, 0.5) is 0 Å². The second kappa shape index (κ2) is 6.95. The number of amides is 1. The van der Waals surface area contributed by atoms with Crippen LogP contribution < -0.4 is 5.32 Å². The number of nitrogens with zero attached hydrogens (tertiary/aromatic N) is 4. The van der Waals surface area contributed by atoms with E-state index in [1.165, 1.54) is 0 Å². The monoisotopic (exact) mass is 329 g/mol. The lowest BCUT2D eigenvalue weighted by atomic mass is 10.3. The summed E-state index contributed by atoms with van der Waals surface area (Å²) in [5.74, 6) is -0.262. The van der Waals surface area contributed by atoms with Gasteiger partial charge < -0.3 is 5.32 Å². The van der Waals surface area contributed by atoms with E-state index >= 15 is 0 Å². The molecule has 0 aliphatic heterocycles. The van der Waals surface area contributed by atoms with Gasteiger partial charge in [-0.05, 0) is 20.3 Å². The maximum atomic E-state index is 11.9. The Kier molecular flexibility index (Phi) is 5.25. The summed E-state index contributed by atoms with van der Waals surface area (Å²) < 4.78 is 3.40. The Morgan fingerprint density at radius 2 is 1.95 bits per heavy atom. The smallest absolute Gasteiger partial charge is 0.273 e. The highest BCUT2D eigenvalue weighted by molar-refractivity contribution is 6.33. The van der Waals surface area contributed by atoms with Gasteiger partial charge >= 0.3 is 0 Å². The molecule has 0 aliphatic carbocycles. The Morgan fingerprint density at radius 3 is 2.52 bits per heavy atom. The molecule has 0 atom stereocenters. The molecule has 0 spiro atoms. The minimum Gasteiger partial charge on any atom is -0.351 e. The largest absolute Gasteiger partial charge is 0.351 e. The maximum absolute atomic E-state index is 11.9. The number of hydrogen-bond donors (Lipinski definition) is 1. The molecule has 2 heterocycles. The third-order valence-corrected chi connectivity index (χ3v) is 3.64. The third-order valence-electron chi connectivity index (χ3n) is 2.99. The number of halogens is 2. The van der Waals surface area contributed by atoms with Gasteiger partial charge in [-0.1, -0.05) is 23.2 Å². The first-order chi connectivity index (χ1) is 10.0. The minimum absolute atomic E-state index is 0.261. The number of hydrogen-bond acceptors (Lipinski definition) is 3. The van der Waals surface area contributed by atoms with Gasteiger partial charge in [0.05, 0.1) is 15.7 Å². The van der Waals surface area contributed by atoms with Crippen molar-refractivity contribution in [2.24, 2.45) is 0 Å². The highest BCUT2D eigenvalue weighted by Crippen LogP contribution is 2.14. The summed E-state index contributed by atoms with van der Waals surface area (Å²) in [6.07, 6.45) is 4.17. The van der Waals surface area contributed by atoms with Crippen molar-refractivity contribution in [2.75, 3.05) is 6.54 Å². The summed E-state index contributed by atoms with van der Waals surface area (Å²) in [4.78, 5) is 11.9. The van der Waals surface area contributed by atoms with Crippen molar-refractivity contribution in [1.29, 1.82) is 0 Å². The van der Waals surface area contributed by atoms with Gasteiger partial charge in [0.1, 0.15) is 0 Å². The van der Waals surface area contributed by atoms with E-state index in [4.69, 9.17) is 23.2 Å². The van der Waals surface area contributed by atoms with Gasteiger partial charge in [-0.3, -0.25) is 14.2 Å². The fourth-order valence-corrected chi connectivity index (χ4v) is 2.23. The van der Waals surface area contributed by atoms with Crippen molar-refractivity contribution in [3.05, 3.63) is 33.8 Å². The van der Waals surface area contributed by atoms with Crippen LogP contribution >= 0.6 is 23.2 Å². The van der Waals surface area contributed by atoms with Crippen LogP contribution in [0.3, 0.4) is 0 Å². The van der Waals surface area contributed by atoms with E-state index < -0.39 is 0 Å². The summed E-state index contributed by atoms with van der Waals surface area (Å²) >= 11 is 11.9. The van der Waals surface area contributed by atoms with Crippen molar-refractivity contribution in [3.63, 3.8) is 0 Å². The van der Waals surface area contributed by atoms with Crippen molar-refractivity contribution in [1.82, 2.24) is 24.9 Å². The average Bonchev–Trinajstić information content (AvgIpc) is 2.98. The summed E-state index contributed by atoms with van der Waals surface area (Å²) in [5, 5.41) is 12.2. The standard InChI is InChI=1S/C13H17Cl2N5O/c1-3-19-8-11(15)12(18-19)13(21)16-5-4-6-20-7-10(14)9(2)17-20/h7-8H,3-6H2,1-2H3,(H,16,21). The van der Waals surface area contributed by atoms with Gasteiger partial charge in [-0.2, -0.15) is 10.2 Å². The summed E-state index contributed by atoms with van der Waals surface area (Å²) in [6, 6.07) is 0. The Balaban J connectivity index is 1.80. The number of aromatic nitrogens is 4. The Morgan fingerprint density at radius 1 is 1.24 bits per heavy atom. The molecule has 1 amide bonds. The lowest BCUT2D eigenvalue weighted by Gasteiger charge is -2.04. The molecule has 0 radical (unpaired) electrons. The molecule has 0 bridgehead atoms. The van der Waals surface area contributed by atoms with Crippen LogP contribution in [0.5, 0.6) is 0 Å². The lowest BCUT2D eigenvalue weighted by Crippen LogP contribution is -2.26. The predicted octanol–water partition coefficient (Wildman–Crippen LogP) is 2.53. The van der Waals surface area contributed by atoms with E-state index in [2.05, 4.69) is 15.5 Å². The number of aryl methyl sites for hydroxylation is 3. The Bertz CT molecular complexity index is 615.